The van der Waals surface area contributed by atoms with Crippen LogP contribution in [0.4, 0.5) is 0 Å². The zero-order valence-corrected chi connectivity index (χ0v) is 21.9. The molecule has 2 heterocycles. The molecule has 0 fully saturated rings. The van der Waals surface area contributed by atoms with Crippen molar-refractivity contribution in [3.8, 4) is 17.9 Å². The molecule has 1 aliphatic heterocycles. The molecular weight excluding hydrogens is 476 g/mol. The monoisotopic (exact) mass is 504 g/mol. The second kappa shape index (κ2) is 11.2. The molecule has 1 atom stereocenters. The molecule has 0 aliphatic carbocycles. The molecular formula is C27H28N4O4S. The molecule has 3 rings (SSSR count). The summed E-state index contributed by atoms with van der Waals surface area (Å²) in [6, 6.07) is 11.4. The summed E-state index contributed by atoms with van der Waals surface area (Å²) in [5, 5.41) is 20.2. The molecule has 2 aromatic rings. The molecule has 0 saturated carbocycles. The van der Waals surface area contributed by atoms with E-state index in [-0.39, 0.29) is 28.5 Å². The molecule has 0 bridgehead atoms. The Morgan fingerprint density at radius 1 is 1.19 bits per heavy atom. The van der Waals surface area contributed by atoms with E-state index in [1.807, 2.05) is 20.8 Å². The van der Waals surface area contributed by atoms with Gasteiger partial charge in [0.2, 0.25) is 5.88 Å². The summed E-state index contributed by atoms with van der Waals surface area (Å²) in [6.07, 6.45) is -0.403. The lowest BCUT2D eigenvalue weighted by Gasteiger charge is -2.29. The SMILES string of the molecule is COc1ccccc1C1C(C#N)=C(N)OC(CSc2nc(C)c(C)c(C)c2C#N)=C1C(=O)OC(C)C. The molecule has 1 aliphatic rings. The summed E-state index contributed by atoms with van der Waals surface area (Å²) >= 11 is 1.26. The smallest absolute Gasteiger partial charge is 0.338 e. The Hall–Kier alpha value is -3.95. The maximum absolute atomic E-state index is 13.4. The van der Waals surface area contributed by atoms with Crippen LogP contribution in [0.3, 0.4) is 0 Å². The number of thioether (sulfide) groups is 1. The van der Waals surface area contributed by atoms with Crippen LogP contribution < -0.4 is 10.5 Å². The third-order valence-electron chi connectivity index (χ3n) is 5.92. The Morgan fingerprint density at radius 2 is 1.89 bits per heavy atom. The number of aromatic nitrogens is 1. The highest BCUT2D eigenvalue weighted by Crippen LogP contribution is 2.44. The highest BCUT2D eigenvalue weighted by atomic mass is 32.2. The molecule has 2 N–H and O–H groups in total. The number of carbonyl (C=O) groups is 1. The number of aryl methyl sites for hydroxylation is 1. The van der Waals surface area contributed by atoms with Crippen molar-refractivity contribution in [1.29, 1.82) is 10.5 Å². The summed E-state index contributed by atoms with van der Waals surface area (Å²) in [5.41, 5.74) is 10.1. The van der Waals surface area contributed by atoms with Gasteiger partial charge in [-0.05, 0) is 51.8 Å². The van der Waals surface area contributed by atoms with E-state index in [1.165, 1.54) is 18.9 Å². The van der Waals surface area contributed by atoms with E-state index in [0.717, 1.165) is 16.8 Å². The largest absolute Gasteiger partial charge is 0.496 e. The Labute approximate surface area is 215 Å². The van der Waals surface area contributed by atoms with E-state index in [4.69, 9.17) is 19.9 Å². The molecule has 1 unspecified atom stereocenters. The average Bonchev–Trinajstić information content (AvgIpc) is 2.85. The minimum atomic E-state index is -0.855. The van der Waals surface area contributed by atoms with Crippen LogP contribution in [-0.2, 0) is 14.3 Å². The lowest BCUT2D eigenvalue weighted by molar-refractivity contribution is -0.143. The van der Waals surface area contributed by atoms with Crippen molar-refractivity contribution in [2.45, 2.75) is 51.7 Å². The van der Waals surface area contributed by atoms with Crippen LogP contribution in [0.25, 0.3) is 0 Å². The maximum Gasteiger partial charge on any atom is 0.338 e. The number of nitriles is 2. The van der Waals surface area contributed by atoms with Gasteiger partial charge in [0.25, 0.3) is 0 Å². The van der Waals surface area contributed by atoms with Gasteiger partial charge >= 0.3 is 5.97 Å². The summed E-state index contributed by atoms with van der Waals surface area (Å²) in [7, 11) is 1.51. The minimum Gasteiger partial charge on any atom is -0.496 e. The van der Waals surface area contributed by atoms with Crippen LogP contribution in [0.2, 0.25) is 0 Å². The standard InChI is InChI=1S/C27H28N4O4S/c1-14(2)34-27(32)24-22(13-36-26-19(11-28)16(4)15(3)17(5)31-26)35-25(30)20(12-29)23(24)18-9-7-8-10-21(18)33-6/h7-10,14,23H,13,30H2,1-6H3. The van der Waals surface area contributed by atoms with Crippen LogP contribution in [-0.4, -0.2) is 29.9 Å². The van der Waals surface area contributed by atoms with Crippen LogP contribution in [0, 0.1) is 43.4 Å². The second-order valence-corrected chi connectivity index (χ2v) is 9.45. The van der Waals surface area contributed by atoms with Crippen molar-refractivity contribution in [2.75, 3.05) is 12.9 Å². The Morgan fingerprint density at radius 3 is 2.50 bits per heavy atom. The summed E-state index contributed by atoms with van der Waals surface area (Å²) in [4.78, 5) is 18.0. The fourth-order valence-electron chi connectivity index (χ4n) is 3.92. The average molecular weight is 505 g/mol. The van der Waals surface area contributed by atoms with Crippen LogP contribution in [0.5, 0.6) is 5.75 Å². The molecule has 186 valence electrons. The number of ether oxygens (including phenoxy) is 3. The number of benzene rings is 1. The fourth-order valence-corrected chi connectivity index (χ4v) is 4.95. The van der Waals surface area contributed by atoms with E-state index >= 15 is 0 Å². The Kier molecular flexibility index (Phi) is 8.29. The van der Waals surface area contributed by atoms with E-state index in [0.29, 0.717) is 21.9 Å². The number of methoxy groups -OCH3 is 1. The first-order valence-corrected chi connectivity index (χ1v) is 12.3. The highest BCUT2D eigenvalue weighted by Gasteiger charge is 2.39. The number of carbonyl (C=O) groups excluding carboxylic acids is 1. The Balaban J connectivity index is 2.18. The molecule has 1 aromatic carbocycles. The van der Waals surface area contributed by atoms with Crippen molar-refractivity contribution < 1.29 is 19.0 Å². The second-order valence-electron chi connectivity index (χ2n) is 8.49. The third-order valence-corrected chi connectivity index (χ3v) is 6.90. The van der Waals surface area contributed by atoms with Gasteiger partial charge in [0.15, 0.2) is 0 Å². The van der Waals surface area contributed by atoms with Gasteiger partial charge in [-0.25, -0.2) is 9.78 Å². The summed E-state index contributed by atoms with van der Waals surface area (Å²) in [6.45, 7) is 9.17. The van der Waals surface area contributed by atoms with Gasteiger partial charge in [-0.3, -0.25) is 0 Å². The number of rotatable bonds is 7. The predicted octanol–water partition coefficient (Wildman–Crippen LogP) is 4.69. The number of allylic oxidation sites excluding steroid dienone is 1. The number of pyridine rings is 1. The van der Waals surface area contributed by atoms with Gasteiger partial charge in [0, 0.05) is 11.3 Å². The van der Waals surface area contributed by atoms with Crippen LogP contribution in [0.15, 0.2) is 52.1 Å². The van der Waals surface area contributed by atoms with Gasteiger partial charge < -0.3 is 19.9 Å². The van der Waals surface area contributed by atoms with Gasteiger partial charge in [-0.15, -0.1) is 0 Å². The van der Waals surface area contributed by atoms with Crippen LogP contribution in [0.1, 0.15) is 47.7 Å². The van der Waals surface area contributed by atoms with E-state index < -0.39 is 18.0 Å². The van der Waals surface area contributed by atoms with Gasteiger partial charge in [-0.2, -0.15) is 10.5 Å². The van der Waals surface area contributed by atoms with Gasteiger partial charge in [0.05, 0.1) is 36.0 Å². The first-order valence-electron chi connectivity index (χ1n) is 11.3. The number of nitrogens with zero attached hydrogens (tertiary/aromatic N) is 3. The molecule has 0 amide bonds. The molecule has 1 aromatic heterocycles. The highest BCUT2D eigenvalue weighted by molar-refractivity contribution is 7.99. The van der Waals surface area contributed by atoms with Crippen molar-refractivity contribution in [2.24, 2.45) is 5.73 Å². The van der Waals surface area contributed by atoms with Gasteiger partial charge in [-0.1, -0.05) is 30.0 Å². The van der Waals surface area contributed by atoms with E-state index in [9.17, 15) is 15.3 Å². The maximum atomic E-state index is 13.4. The Bertz CT molecular complexity index is 1350. The molecule has 9 heteroatoms. The molecule has 8 nitrogen and oxygen atoms in total. The number of hydrogen-bond acceptors (Lipinski definition) is 9. The zero-order chi connectivity index (χ0) is 26.6. The first-order chi connectivity index (χ1) is 17.1. The van der Waals surface area contributed by atoms with Crippen LogP contribution >= 0.6 is 11.8 Å². The number of hydrogen-bond donors (Lipinski definition) is 1. The lowest BCUT2D eigenvalue weighted by atomic mass is 9.82. The van der Waals surface area contributed by atoms with Crippen molar-refractivity contribution >= 4 is 17.7 Å². The zero-order valence-electron chi connectivity index (χ0n) is 21.1. The minimum absolute atomic E-state index is 0.0850. The lowest BCUT2D eigenvalue weighted by Crippen LogP contribution is -2.28. The fraction of sp³-hybridized carbons (Fsp3) is 0.333. The van der Waals surface area contributed by atoms with E-state index in [1.54, 1.807) is 38.1 Å². The van der Waals surface area contributed by atoms with Gasteiger partial charge in [0.1, 0.15) is 34.2 Å². The van der Waals surface area contributed by atoms with Crippen molar-refractivity contribution in [1.82, 2.24) is 4.98 Å². The topological polar surface area (TPSA) is 131 Å². The normalized spacial score (nSPS) is 15.3. The summed E-state index contributed by atoms with van der Waals surface area (Å²) in [5.74, 6) is -0.718. The number of para-hydroxylation sites is 1. The van der Waals surface area contributed by atoms with Crippen molar-refractivity contribution in [3.05, 3.63) is 75.0 Å². The predicted molar refractivity (Wildman–Crippen MR) is 136 cm³/mol. The van der Waals surface area contributed by atoms with E-state index in [2.05, 4.69) is 17.1 Å². The molecule has 0 radical (unpaired) electrons. The quantitative estimate of drug-likeness (QED) is 0.421. The third kappa shape index (κ3) is 5.17. The molecule has 36 heavy (non-hydrogen) atoms. The first kappa shape index (κ1) is 26.7. The van der Waals surface area contributed by atoms with Crippen molar-refractivity contribution in [3.63, 3.8) is 0 Å². The summed E-state index contributed by atoms with van der Waals surface area (Å²) < 4.78 is 16.9. The molecule has 0 saturated heterocycles. The number of nitrogens with two attached hydrogens (primary N) is 1. The number of esters is 1. The molecule has 0 spiro atoms.